The van der Waals surface area contributed by atoms with Crippen molar-refractivity contribution >= 4 is 12.0 Å². The molecule has 1 atom stereocenters. The molecule has 2 rings (SSSR count). The summed E-state index contributed by atoms with van der Waals surface area (Å²) in [5, 5.41) is 9.58. The number of likely N-dealkylation sites (tertiary alicyclic amines) is 2. The second-order valence-corrected chi connectivity index (χ2v) is 7.27. The molecule has 0 bridgehead atoms. The van der Waals surface area contributed by atoms with Gasteiger partial charge in [0.1, 0.15) is 12.0 Å². The van der Waals surface area contributed by atoms with E-state index in [1.54, 1.807) is 0 Å². The predicted octanol–water partition coefficient (Wildman–Crippen LogP) is 1.65. The molecule has 142 valence electrons. The van der Waals surface area contributed by atoms with E-state index in [4.69, 9.17) is 4.74 Å². The Morgan fingerprint density at radius 3 is 2.32 bits per heavy atom. The highest BCUT2D eigenvalue weighted by Crippen LogP contribution is 2.47. The number of carbonyl (C=O) groups is 2. The lowest BCUT2D eigenvalue weighted by Gasteiger charge is -2.52. The lowest BCUT2D eigenvalue weighted by Crippen LogP contribution is -2.66. The average Bonchev–Trinajstić information content (AvgIpc) is 2.89. The molecule has 0 aliphatic carbocycles. The Morgan fingerprint density at radius 1 is 1.28 bits per heavy atom. The van der Waals surface area contributed by atoms with Crippen LogP contribution >= 0.6 is 0 Å². The van der Waals surface area contributed by atoms with Gasteiger partial charge in [0.25, 0.3) is 0 Å². The normalized spacial score (nSPS) is 22.7. The minimum Gasteiger partial charge on any atom is -0.445 e. The number of halogens is 3. The topological polar surface area (TPSA) is 70.1 Å². The van der Waals surface area contributed by atoms with Gasteiger partial charge in [-0.25, -0.2) is 4.79 Å². The number of alkyl halides is 3. The summed E-state index contributed by atoms with van der Waals surface area (Å²) in [5.41, 5.74) is -3.05. The SMILES string of the molecule is C=CCOC(=O)N1C[C@@H](CO)C2(C1)CN(C(=O)C(C)(C)C(F)(F)F)C2. The molecule has 0 aromatic rings. The van der Waals surface area contributed by atoms with Crippen LogP contribution in [-0.4, -0.2) is 72.5 Å². The van der Waals surface area contributed by atoms with Crippen LogP contribution in [0.25, 0.3) is 0 Å². The zero-order valence-corrected chi connectivity index (χ0v) is 14.3. The van der Waals surface area contributed by atoms with E-state index in [2.05, 4.69) is 6.58 Å². The van der Waals surface area contributed by atoms with Crippen molar-refractivity contribution in [3.8, 4) is 0 Å². The molecule has 2 saturated heterocycles. The van der Waals surface area contributed by atoms with Gasteiger partial charge in [-0.1, -0.05) is 12.7 Å². The van der Waals surface area contributed by atoms with Crippen molar-refractivity contribution in [2.75, 3.05) is 39.4 Å². The number of rotatable bonds is 4. The minimum absolute atomic E-state index is 0.0521. The van der Waals surface area contributed by atoms with Crippen molar-refractivity contribution in [2.45, 2.75) is 20.0 Å². The van der Waals surface area contributed by atoms with Crippen molar-refractivity contribution < 1.29 is 32.6 Å². The van der Waals surface area contributed by atoms with E-state index in [0.717, 1.165) is 18.7 Å². The molecule has 0 radical (unpaired) electrons. The highest BCUT2D eigenvalue weighted by atomic mass is 19.4. The van der Waals surface area contributed by atoms with Crippen molar-refractivity contribution in [2.24, 2.45) is 16.7 Å². The fraction of sp³-hybridized carbons (Fsp3) is 0.750. The van der Waals surface area contributed by atoms with Crippen LogP contribution in [0.3, 0.4) is 0 Å². The Hall–Kier alpha value is -1.77. The molecule has 2 fully saturated rings. The summed E-state index contributed by atoms with van der Waals surface area (Å²) in [5.74, 6) is -1.29. The summed E-state index contributed by atoms with van der Waals surface area (Å²) in [6.07, 6.45) is -3.77. The maximum Gasteiger partial charge on any atom is 0.410 e. The lowest BCUT2D eigenvalue weighted by atomic mass is 9.71. The molecule has 0 aromatic carbocycles. The van der Waals surface area contributed by atoms with E-state index in [0.29, 0.717) is 0 Å². The second-order valence-electron chi connectivity index (χ2n) is 7.27. The first-order chi connectivity index (χ1) is 11.5. The van der Waals surface area contributed by atoms with Gasteiger partial charge in [0.05, 0.1) is 0 Å². The molecular weight excluding hydrogens is 341 g/mol. The number of hydrogen-bond acceptors (Lipinski definition) is 4. The van der Waals surface area contributed by atoms with E-state index in [1.807, 2.05) is 0 Å². The maximum atomic E-state index is 13.0. The first kappa shape index (κ1) is 19.6. The van der Waals surface area contributed by atoms with E-state index in [1.165, 1.54) is 11.0 Å². The van der Waals surface area contributed by atoms with Crippen LogP contribution in [-0.2, 0) is 9.53 Å². The zero-order valence-electron chi connectivity index (χ0n) is 14.3. The molecule has 2 aliphatic heterocycles. The van der Waals surface area contributed by atoms with Gasteiger partial charge in [0.15, 0.2) is 0 Å². The molecule has 2 amide bonds. The molecule has 1 N–H and O–H groups in total. The smallest absolute Gasteiger partial charge is 0.410 e. The van der Waals surface area contributed by atoms with Crippen LogP contribution in [0.1, 0.15) is 13.8 Å². The maximum absolute atomic E-state index is 13.0. The largest absolute Gasteiger partial charge is 0.445 e. The van der Waals surface area contributed by atoms with Crippen molar-refractivity contribution in [1.29, 1.82) is 0 Å². The van der Waals surface area contributed by atoms with Gasteiger partial charge < -0.3 is 19.6 Å². The van der Waals surface area contributed by atoms with Crippen LogP contribution in [0.2, 0.25) is 0 Å². The third-order valence-corrected chi connectivity index (χ3v) is 5.16. The summed E-state index contributed by atoms with van der Waals surface area (Å²) < 4.78 is 44.1. The quantitative estimate of drug-likeness (QED) is 0.770. The van der Waals surface area contributed by atoms with E-state index in [-0.39, 0.29) is 45.3 Å². The van der Waals surface area contributed by atoms with Crippen LogP contribution in [0.5, 0.6) is 0 Å². The highest BCUT2D eigenvalue weighted by Gasteiger charge is 2.61. The van der Waals surface area contributed by atoms with Crippen LogP contribution in [0.15, 0.2) is 12.7 Å². The van der Waals surface area contributed by atoms with Gasteiger partial charge in [-0.05, 0) is 13.8 Å². The molecular formula is C16H23F3N2O4. The summed E-state index contributed by atoms with van der Waals surface area (Å²) in [6, 6.07) is 0. The molecule has 9 heteroatoms. The molecule has 0 aromatic heterocycles. The van der Waals surface area contributed by atoms with Gasteiger partial charge in [-0.2, -0.15) is 13.2 Å². The molecule has 0 saturated carbocycles. The minimum atomic E-state index is -4.64. The number of aliphatic hydroxyl groups excluding tert-OH is 1. The first-order valence-corrected chi connectivity index (χ1v) is 7.98. The van der Waals surface area contributed by atoms with Crippen molar-refractivity contribution in [3.05, 3.63) is 12.7 Å². The van der Waals surface area contributed by atoms with E-state index >= 15 is 0 Å². The summed E-state index contributed by atoms with van der Waals surface area (Å²) in [6.45, 7) is 5.66. The highest BCUT2D eigenvalue weighted by molar-refractivity contribution is 5.84. The van der Waals surface area contributed by atoms with Crippen molar-refractivity contribution in [1.82, 2.24) is 9.80 Å². The third kappa shape index (κ3) is 3.33. The van der Waals surface area contributed by atoms with E-state index < -0.39 is 29.0 Å². The molecule has 2 aliphatic rings. The molecule has 2 heterocycles. The Balaban J connectivity index is 2.04. The predicted molar refractivity (Wildman–Crippen MR) is 82.5 cm³/mol. The number of ether oxygens (including phenoxy) is 1. The molecule has 6 nitrogen and oxygen atoms in total. The zero-order chi connectivity index (χ0) is 19.0. The van der Waals surface area contributed by atoms with Crippen LogP contribution in [0.4, 0.5) is 18.0 Å². The fourth-order valence-electron chi connectivity index (χ4n) is 3.38. The summed E-state index contributed by atoms with van der Waals surface area (Å²) in [7, 11) is 0. The van der Waals surface area contributed by atoms with Crippen molar-refractivity contribution in [3.63, 3.8) is 0 Å². The Kier molecular flexibility index (Phi) is 5.09. The molecule has 1 spiro atoms. The summed E-state index contributed by atoms with van der Waals surface area (Å²) >= 11 is 0. The molecule has 0 unspecified atom stereocenters. The number of hydrogen-bond donors (Lipinski definition) is 1. The monoisotopic (exact) mass is 364 g/mol. The Morgan fingerprint density at radius 2 is 1.84 bits per heavy atom. The lowest BCUT2D eigenvalue weighted by molar-refractivity contribution is -0.223. The van der Waals surface area contributed by atoms with Crippen LogP contribution < -0.4 is 0 Å². The van der Waals surface area contributed by atoms with Crippen LogP contribution in [0, 0.1) is 16.7 Å². The average molecular weight is 364 g/mol. The first-order valence-electron chi connectivity index (χ1n) is 7.98. The van der Waals surface area contributed by atoms with Gasteiger partial charge in [-0.15, -0.1) is 0 Å². The number of aliphatic hydroxyl groups is 1. The van der Waals surface area contributed by atoms with Gasteiger partial charge >= 0.3 is 12.3 Å². The number of nitrogens with zero attached hydrogens (tertiary/aromatic N) is 2. The number of amides is 2. The van der Waals surface area contributed by atoms with Gasteiger partial charge in [0.2, 0.25) is 5.91 Å². The summed E-state index contributed by atoms with van der Waals surface area (Å²) in [4.78, 5) is 26.7. The molecule has 25 heavy (non-hydrogen) atoms. The Bertz CT molecular complexity index is 556. The van der Waals surface area contributed by atoms with E-state index in [9.17, 15) is 27.9 Å². The third-order valence-electron chi connectivity index (χ3n) is 5.16. The number of carbonyl (C=O) groups excluding carboxylic acids is 2. The van der Waals surface area contributed by atoms with Gasteiger partial charge in [-0.3, -0.25) is 4.79 Å². The second kappa shape index (κ2) is 6.51. The van der Waals surface area contributed by atoms with Gasteiger partial charge in [0, 0.05) is 44.1 Å². The fourth-order valence-corrected chi connectivity index (χ4v) is 3.38. The Labute approximate surface area is 144 Å². The standard InChI is InChI=1S/C16H23F3N2O4/c1-4-5-25-13(24)20-6-11(7-22)15(8-20)9-21(10-15)12(23)14(2,3)16(17,18)19/h4,11,22H,1,5-10H2,2-3H3/t11-/m0/s1.